The van der Waals surface area contributed by atoms with Crippen LogP contribution in [0.3, 0.4) is 0 Å². The molecule has 2 aromatic heterocycles. The van der Waals surface area contributed by atoms with Crippen molar-refractivity contribution in [2.75, 3.05) is 17.7 Å². The largest absolute Gasteiger partial charge is 0.376 e. The van der Waals surface area contributed by atoms with E-state index < -0.39 is 5.91 Å². The second kappa shape index (κ2) is 9.28. The fourth-order valence-electron chi connectivity index (χ4n) is 4.44. The lowest BCUT2D eigenvalue weighted by molar-refractivity contribution is -0.113. The number of amides is 2. The Morgan fingerprint density at radius 3 is 2.91 bits per heavy atom. The van der Waals surface area contributed by atoms with E-state index in [1.165, 1.54) is 16.6 Å². The first kappa shape index (κ1) is 22.1. The molecule has 3 heterocycles. The number of fused-ring (bicyclic) bond motifs is 3. The number of thiophene rings is 1. The molecule has 3 N–H and O–H groups in total. The Morgan fingerprint density at radius 2 is 2.12 bits per heavy atom. The minimum Gasteiger partial charge on any atom is -0.376 e. The highest BCUT2D eigenvalue weighted by Gasteiger charge is 2.26. The van der Waals surface area contributed by atoms with Gasteiger partial charge in [-0.05, 0) is 49.8 Å². The molecule has 1 aliphatic carbocycles. The van der Waals surface area contributed by atoms with E-state index in [-0.39, 0.29) is 28.9 Å². The molecule has 33 heavy (non-hydrogen) atoms. The van der Waals surface area contributed by atoms with E-state index in [0.717, 1.165) is 47.9 Å². The number of nitrogens with two attached hydrogens (primary N) is 1. The number of primary amides is 1. The lowest BCUT2D eigenvalue weighted by Gasteiger charge is -2.16. The zero-order chi connectivity index (χ0) is 22.9. The molecule has 0 radical (unpaired) electrons. The van der Waals surface area contributed by atoms with E-state index in [1.807, 2.05) is 0 Å². The highest BCUT2D eigenvalue weighted by Crippen LogP contribution is 2.35. The van der Waals surface area contributed by atoms with Crippen molar-refractivity contribution in [2.45, 2.75) is 49.9 Å². The maximum Gasteiger partial charge on any atom is 0.263 e. The standard InChI is InChI=1S/C23H24N4O4S2/c24-20(29)14-6-1-2-8-16(14)25-18(28)12-32-23-26-21-19(15-7-3-9-17(15)33-21)22(30)27(23)11-13-5-4-10-31-13/h1-2,6,8,13H,3-5,7,9-12H2,(H2,24,29)(H,25,28)/t13-/m1/s1. The first-order valence-corrected chi connectivity index (χ1v) is 12.8. The zero-order valence-corrected chi connectivity index (χ0v) is 19.6. The minimum absolute atomic E-state index is 0.0238. The number of carbonyl (C=O) groups is 2. The summed E-state index contributed by atoms with van der Waals surface area (Å²) in [5, 5.41) is 3.99. The Kier molecular flexibility index (Phi) is 6.22. The fourth-order valence-corrected chi connectivity index (χ4v) is 6.56. The topological polar surface area (TPSA) is 116 Å². The summed E-state index contributed by atoms with van der Waals surface area (Å²) >= 11 is 2.80. The molecule has 8 nitrogen and oxygen atoms in total. The Balaban J connectivity index is 1.41. The van der Waals surface area contributed by atoms with Gasteiger partial charge in [-0.3, -0.25) is 19.0 Å². The van der Waals surface area contributed by atoms with Crippen molar-refractivity contribution in [3.8, 4) is 0 Å². The molecule has 2 amide bonds. The molecule has 1 aliphatic heterocycles. The van der Waals surface area contributed by atoms with Crippen molar-refractivity contribution >= 4 is 50.8 Å². The Bertz CT molecular complexity index is 1290. The predicted molar refractivity (Wildman–Crippen MR) is 129 cm³/mol. The van der Waals surface area contributed by atoms with Crippen molar-refractivity contribution in [1.82, 2.24) is 9.55 Å². The van der Waals surface area contributed by atoms with Crippen LogP contribution in [-0.2, 0) is 28.9 Å². The monoisotopic (exact) mass is 484 g/mol. The number of hydrogen-bond donors (Lipinski definition) is 2. The first-order chi connectivity index (χ1) is 16.0. The molecule has 1 saturated heterocycles. The van der Waals surface area contributed by atoms with Crippen molar-refractivity contribution in [3.05, 3.63) is 50.6 Å². The summed E-state index contributed by atoms with van der Waals surface area (Å²) in [7, 11) is 0. The summed E-state index contributed by atoms with van der Waals surface area (Å²) in [6.45, 7) is 1.13. The van der Waals surface area contributed by atoms with Crippen LogP contribution < -0.4 is 16.6 Å². The van der Waals surface area contributed by atoms with Crippen molar-refractivity contribution in [3.63, 3.8) is 0 Å². The number of aryl methyl sites for hydroxylation is 2. The van der Waals surface area contributed by atoms with E-state index in [4.69, 9.17) is 15.5 Å². The summed E-state index contributed by atoms with van der Waals surface area (Å²) in [6.07, 6.45) is 4.84. The number of nitrogens with zero attached hydrogens (tertiary/aromatic N) is 2. The molecule has 0 bridgehead atoms. The lowest BCUT2D eigenvalue weighted by atomic mass is 10.1. The van der Waals surface area contributed by atoms with Gasteiger partial charge in [0, 0.05) is 11.5 Å². The molecule has 0 unspecified atom stereocenters. The second-order valence-electron chi connectivity index (χ2n) is 8.23. The molecule has 3 aromatic rings. The van der Waals surface area contributed by atoms with E-state index in [2.05, 4.69) is 5.32 Å². The smallest absolute Gasteiger partial charge is 0.263 e. The molecule has 2 aliphatic rings. The van der Waals surface area contributed by atoms with Gasteiger partial charge in [0.2, 0.25) is 5.91 Å². The van der Waals surface area contributed by atoms with Crippen LogP contribution in [0.15, 0.2) is 34.2 Å². The summed E-state index contributed by atoms with van der Waals surface area (Å²) < 4.78 is 7.46. The van der Waals surface area contributed by atoms with Gasteiger partial charge in [0.15, 0.2) is 5.16 Å². The number of anilines is 1. The molecule has 1 aromatic carbocycles. The Hall–Kier alpha value is -2.69. The third-order valence-electron chi connectivity index (χ3n) is 6.00. The Morgan fingerprint density at radius 1 is 1.27 bits per heavy atom. The SMILES string of the molecule is NC(=O)c1ccccc1NC(=O)CSc1nc2sc3c(c2c(=O)n1C[C@H]1CCCO1)CCC3. The van der Waals surface area contributed by atoms with Gasteiger partial charge in [-0.2, -0.15) is 0 Å². The molecule has 0 saturated carbocycles. The lowest BCUT2D eigenvalue weighted by Crippen LogP contribution is -2.29. The molecule has 1 fully saturated rings. The number of para-hydroxylation sites is 1. The van der Waals surface area contributed by atoms with Crippen LogP contribution in [0.5, 0.6) is 0 Å². The first-order valence-electron chi connectivity index (χ1n) is 11.0. The van der Waals surface area contributed by atoms with Crippen molar-refractivity contribution < 1.29 is 14.3 Å². The summed E-state index contributed by atoms with van der Waals surface area (Å²) in [6, 6.07) is 6.61. The summed E-state index contributed by atoms with van der Waals surface area (Å²) in [5.41, 5.74) is 7.11. The molecule has 172 valence electrons. The average molecular weight is 485 g/mol. The van der Waals surface area contributed by atoms with Crippen LogP contribution in [0.25, 0.3) is 10.2 Å². The maximum atomic E-state index is 13.5. The van der Waals surface area contributed by atoms with E-state index in [0.29, 0.717) is 24.0 Å². The van der Waals surface area contributed by atoms with Gasteiger partial charge in [0.25, 0.3) is 11.5 Å². The van der Waals surface area contributed by atoms with Crippen LogP contribution in [0, 0.1) is 0 Å². The van der Waals surface area contributed by atoms with Crippen LogP contribution in [0.1, 0.15) is 40.1 Å². The van der Waals surface area contributed by atoms with Crippen LogP contribution in [-0.4, -0.2) is 39.8 Å². The fraction of sp³-hybridized carbons (Fsp3) is 0.391. The van der Waals surface area contributed by atoms with Crippen LogP contribution >= 0.6 is 23.1 Å². The van der Waals surface area contributed by atoms with E-state index in [1.54, 1.807) is 40.2 Å². The number of hydrogen-bond acceptors (Lipinski definition) is 7. The molecular formula is C23H24N4O4S2. The van der Waals surface area contributed by atoms with Gasteiger partial charge in [0.1, 0.15) is 4.83 Å². The van der Waals surface area contributed by atoms with Crippen LogP contribution in [0.4, 0.5) is 5.69 Å². The highest BCUT2D eigenvalue weighted by atomic mass is 32.2. The summed E-state index contributed by atoms with van der Waals surface area (Å²) in [5.74, 6) is -0.871. The molecule has 5 rings (SSSR count). The van der Waals surface area contributed by atoms with Gasteiger partial charge in [0.05, 0.1) is 35.0 Å². The molecular weight excluding hydrogens is 460 g/mol. The van der Waals surface area contributed by atoms with Crippen LogP contribution in [0.2, 0.25) is 0 Å². The number of aromatic nitrogens is 2. The number of ether oxygens (including phenoxy) is 1. The number of benzene rings is 1. The number of nitrogens with one attached hydrogen (secondary N) is 1. The minimum atomic E-state index is -0.609. The molecule has 10 heteroatoms. The normalized spacial score (nSPS) is 17.4. The van der Waals surface area contributed by atoms with Gasteiger partial charge in [-0.25, -0.2) is 4.98 Å². The third kappa shape index (κ3) is 4.42. The number of rotatable bonds is 7. The summed E-state index contributed by atoms with van der Waals surface area (Å²) in [4.78, 5) is 44.6. The second-order valence-corrected chi connectivity index (χ2v) is 10.3. The van der Waals surface area contributed by atoms with Crippen molar-refractivity contribution in [1.29, 1.82) is 0 Å². The van der Waals surface area contributed by atoms with Gasteiger partial charge in [-0.1, -0.05) is 23.9 Å². The predicted octanol–water partition coefficient (Wildman–Crippen LogP) is 2.96. The van der Waals surface area contributed by atoms with E-state index >= 15 is 0 Å². The number of thioether (sulfide) groups is 1. The van der Waals surface area contributed by atoms with Crippen molar-refractivity contribution in [2.24, 2.45) is 5.73 Å². The third-order valence-corrected chi connectivity index (χ3v) is 8.16. The highest BCUT2D eigenvalue weighted by molar-refractivity contribution is 7.99. The molecule has 1 atom stereocenters. The maximum absolute atomic E-state index is 13.5. The Labute approximate surface area is 198 Å². The zero-order valence-electron chi connectivity index (χ0n) is 18.0. The van der Waals surface area contributed by atoms with Gasteiger partial charge >= 0.3 is 0 Å². The average Bonchev–Trinajstić information content (AvgIpc) is 3.52. The van der Waals surface area contributed by atoms with Gasteiger partial charge in [-0.15, -0.1) is 11.3 Å². The quantitative estimate of drug-likeness (QED) is 0.393. The van der Waals surface area contributed by atoms with Gasteiger partial charge < -0.3 is 15.8 Å². The number of carbonyl (C=O) groups excluding carboxylic acids is 2. The molecule has 0 spiro atoms. The van der Waals surface area contributed by atoms with E-state index in [9.17, 15) is 14.4 Å².